The van der Waals surface area contributed by atoms with Crippen LogP contribution in [0.3, 0.4) is 0 Å². The highest BCUT2D eigenvalue weighted by Crippen LogP contribution is 2.34. The van der Waals surface area contributed by atoms with Gasteiger partial charge in [0.05, 0.1) is 6.61 Å². The number of hydrogen-bond donors (Lipinski definition) is 2. The number of carbonyl (C=O) groups is 1. The Morgan fingerprint density at radius 2 is 1.96 bits per heavy atom. The van der Waals surface area contributed by atoms with Crippen LogP contribution in [0.1, 0.15) is 38.2 Å². The van der Waals surface area contributed by atoms with Gasteiger partial charge in [-0.05, 0) is 50.2 Å². The molecule has 5 heteroatoms. The van der Waals surface area contributed by atoms with E-state index in [9.17, 15) is 9.90 Å². The second-order valence-electron chi connectivity index (χ2n) is 6.75. The van der Waals surface area contributed by atoms with Gasteiger partial charge in [-0.1, -0.05) is 24.6 Å². The Morgan fingerprint density at radius 3 is 2.54 bits per heavy atom. The number of nitrogens with one attached hydrogen (secondary N) is 1. The van der Waals surface area contributed by atoms with E-state index >= 15 is 0 Å². The fraction of sp³-hybridized carbons (Fsp3) is 0.632. The van der Waals surface area contributed by atoms with E-state index in [1.54, 1.807) is 0 Å². The predicted octanol–water partition coefficient (Wildman–Crippen LogP) is 2.96. The quantitative estimate of drug-likeness (QED) is 0.754. The number of hydrogen-bond acceptors (Lipinski definition) is 3. The van der Waals surface area contributed by atoms with Crippen LogP contribution in [-0.4, -0.2) is 48.9 Å². The van der Waals surface area contributed by atoms with E-state index in [0.29, 0.717) is 13.2 Å². The second kappa shape index (κ2) is 8.92. The average Bonchev–Trinajstić information content (AvgIpc) is 2.63. The number of aliphatic hydroxyl groups excluding tert-OH is 1. The summed E-state index contributed by atoms with van der Waals surface area (Å²) in [5.74, 6) is 0.864. The van der Waals surface area contributed by atoms with E-state index in [-0.39, 0.29) is 18.1 Å². The lowest BCUT2D eigenvalue weighted by atomic mass is 9.77. The number of likely N-dealkylation sites (tertiary alicyclic amines) is 1. The van der Waals surface area contributed by atoms with E-state index < -0.39 is 0 Å². The van der Waals surface area contributed by atoms with Gasteiger partial charge in [0.15, 0.2) is 0 Å². The van der Waals surface area contributed by atoms with Crippen molar-refractivity contribution in [2.45, 2.75) is 39.5 Å². The Labute approximate surface area is 145 Å². The van der Waals surface area contributed by atoms with Crippen LogP contribution in [0.15, 0.2) is 24.3 Å². The zero-order valence-corrected chi connectivity index (χ0v) is 14.9. The normalized spacial score (nSPS) is 16.7. The molecule has 0 unspecified atom stereocenters. The molecule has 1 aromatic carbocycles. The lowest BCUT2D eigenvalue weighted by Gasteiger charge is -2.40. The van der Waals surface area contributed by atoms with Gasteiger partial charge < -0.3 is 20.1 Å². The molecule has 1 aromatic rings. The molecule has 2 amide bonds. The van der Waals surface area contributed by atoms with Crippen LogP contribution in [0.4, 0.5) is 4.79 Å². The lowest BCUT2D eigenvalue weighted by molar-refractivity contribution is 0.0519. The van der Waals surface area contributed by atoms with E-state index in [2.05, 4.69) is 12.2 Å². The minimum atomic E-state index is -0.00650. The number of rotatable bonds is 7. The first-order valence-electron chi connectivity index (χ1n) is 8.92. The van der Waals surface area contributed by atoms with Gasteiger partial charge in [0.2, 0.25) is 0 Å². The largest absolute Gasteiger partial charge is 0.494 e. The van der Waals surface area contributed by atoms with Crippen molar-refractivity contribution in [2.75, 3.05) is 32.8 Å². The van der Waals surface area contributed by atoms with Gasteiger partial charge in [0.1, 0.15) is 5.75 Å². The standard InChI is InChI=1S/C19H30N2O3/c1-3-19(15-22)9-12-21(13-10-19)18(23)20-11-4-14-24-17-7-5-16(2)6-8-17/h5-8,22H,3-4,9-15H2,1-2H3,(H,20,23). The lowest BCUT2D eigenvalue weighted by Crippen LogP contribution is -2.48. The van der Waals surface area contributed by atoms with E-state index in [4.69, 9.17) is 4.74 Å². The van der Waals surface area contributed by atoms with Gasteiger partial charge in [-0.2, -0.15) is 0 Å². The number of carbonyl (C=O) groups excluding carboxylic acids is 1. The number of aliphatic hydroxyl groups is 1. The predicted molar refractivity (Wildman–Crippen MR) is 95.3 cm³/mol. The maximum absolute atomic E-state index is 12.2. The molecule has 0 atom stereocenters. The molecular formula is C19H30N2O3. The summed E-state index contributed by atoms with van der Waals surface area (Å²) >= 11 is 0. The van der Waals surface area contributed by atoms with Crippen LogP contribution < -0.4 is 10.1 Å². The van der Waals surface area contributed by atoms with Crippen molar-refractivity contribution in [3.8, 4) is 5.75 Å². The zero-order valence-electron chi connectivity index (χ0n) is 14.9. The molecule has 1 fully saturated rings. The number of benzene rings is 1. The summed E-state index contributed by atoms with van der Waals surface area (Å²) in [7, 11) is 0. The molecule has 2 rings (SSSR count). The molecule has 0 saturated carbocycles. The van der Waals surface area contributed by atoms with Crippen molar-refractivity contribution in [1.29, 1.82) is 0 Å². The molecule has 24 heavy (non-hydrogen) atoms. The molecule has 0 aliphatic carbocycles. The SMILES string of the molecule is CCC1(CO)CCN(C(=O)NCCCOc2ccc(C)cc2)CC1. The van der Waals surface area contributed by atoms with Gasteiger partial charge in [-0.25, -0.2) is 4.79 Å². The van der Waals surface area contributed by atoms with Crippen LogP contribution in [0.25, 0.3) is 0 Å². The third-order valence-corrected chi connectivity index (χ3v) is 5.08. The fourth-order valence-electron chi connectivity index (χ4n) is 3.01. The fourth-order valence-corrected chi connectivity index (χ4v) is 3.01. The first-order chi connectivity index (χ1) is 11.6. The third kappa shape index (κ3) is 5.13. The maximum Gasteiger partial charge on any atom is 0.317 e. The Balaban J connectivity index is 1.61. The third-order valence-electron chi connectivity index (χ3n) is 5.08. The van der Waals surface area contributed by atoms with Crippen LogP contribution in [0.2, 0.25) is 0 Å². The van der Waals surface area contributed by atoms with Crippen molar-refractivity contribution in [3.63, 3.8) is 0 Å². The first-order valence-corrected chi connectivity index (χ1v) is 8.92. The van der Waals surface area contributed by atoms with E-state index in [1.165, 1.54) is 5.56 Å². The topological polar surface area (TPSA) is 61.8 Å². The number of urea groups is 1. The summed E-state index contributed by atoms with van der Waals surface area (Å²) < 4.78 is 5.65. The maximum atomic E-state index is 12.2. The van der Waals surface area contributed by atoms with Crippen molar-refractivity contribution in [1.82, 2.24) is 10.2 Å². The highest BCUT2D eigenvalue weighted by molar-refractivity contribution is 5.74. The zero-order chi connectivity index (χ0) is 17.4. The van der Waals surface area contributed by atoms with Gasteiger partial charge in [-0.3, -0.25) is 0 Å². The molecule has 1 aliphatic heterocycles. The summed E-state index contributed by atoms with van der Waals surface area (Å²) in [4.78, 5) is 14.0. The monoisotopic (exact) mass is 334 g/mol. The Kier molecular flexibility index (Phi) is 6.91. The second-order valence-corrected chi connectivity index (χ2v) is 6.75. The molecule has 2 N–H and O–H groups in total. The molecule has 134 valence electrons. The number of ether oxygens (including phenoxy) is 1. The highest BCUT2D eigenvalue weighted by atomic mass is 16.5. The summed E-state index contributed by atoms with van der Waals surface area (Å²) in [5.41, 5.74) is 1.22. The molecule has 0 aromatic heterocycles. The van der Waals surface area contributed by atoms with E-state index in [1.807, 2.05) is 36.1 Å². The van der Waals surface area contributed by atoms with Crippen LogP contribution in [0, 0.1) is 12.3 Å². The first kappa shape index (κ1) is 18.6. The Hall–Kier alpha value is -1.75. The summed E-state index contributed by atoms with van der Waals surface area (Å²) in [6.07, 6.45) is 3.51. The Bertz CT molecular complexity index is 502. The number of amides is 2. The molecule has 1 saturated heterocycles. The van der Waals surface area contributed by atoms with Gasteiger partial charge in [0, 0.05) is 26.2 Å². The van der Waals surface area contributed by atoms with Crippen LogP contribution in [-0.2, 0) is 0 Å². The molecule has 0 spiro atoms. The van der Waals surface area contributed by atoms with Crippen LogP contribution >= 0.6 is 0 Å². The smallest absolute Gasteiger partial charge is 0.317 e. The summed E-state index contributed by atoms with van der Waals surface area (Å²) in [5, 5.41) is 12.5. The molecule has 0 bridgehead atoms. The number of nitrogens with zero attached hydrogens (tertiary/aromatic N) is 1. The average molecular weight is 334 g/mol. The summed E-state index contributed by atoms with van der Waals surface area (Å²) in [6.45, 7) is 7.02. The number of piperidine rings is 1. The van der Waals surface area contributed by atoms with Gasteiger partial charge >= 0.3 is 6.03 Å². The van der Waals surface area contributed by atoms with E-state index in [0.717, 1.165) is 44.5 Å². The van der Waals surface area contributed by atoms with Crippen molar-refractivity contribution >= 4 is 6.03 Å². The Morgan fingerprint density at radius 1 is 1.29 bits per heavy atom. The molecule has 1 heterocycles. The molecule has 5 nitrogen and oxygen atoms in total. The highest BCUT2D eigenvalue weighted by Gasteiger charge is 2.33. The van der Waals surface area contributed by atoms with Crippen molar-refractivity contribution < 1.29 is 14.6 Å². The molecular weight excluding hydrogens is 304 g/mol. The molecule has 1 aliphatic rings. The van der Waals surface area contributed by atoms with Crippen LogP contribution in [0.5, 0.6) is 5.75 Å². The van der Waals surface area contributed by atoms with Crippen molar-refractivity contribution in [2.24, 2.45) is 5.41 Å². The number of aryl methyl sites for hydroxylation is 1. The molecule has 0 radical (unpaired) electrons. The minimum Gasteiger partial charge on any atom is -0.494 e. The minimum absolute atomic E-state index is 0.00650. The summed E-state index contributed by atoms with van der Waals surface area (Å²) in [6, 6.07) is 7.96. The van der Waals surface area contributed by atoms with Crippen molar-refractivity contribution in [3.05, 3.63) is 29.8 Å². The van der Waals surface area contributed by atoms with Gasteiger partial charge in [0.25, 0.3) is 0 Å². The van der Waals surface area contributed by atoms with Gasteiger partial charge in [-0.15, -0.1) is 0 Å².